The number of carbonyl (C=O) groups excluding carboxylic acids is 1. The van der Waals surface area contributed by atoms with E-state index in [0.29, 0.717) is 18.1 Å². The highest BCUT2D eigenvalue weighted by Gasteiger charge is 2.20. The van der Waals surface area contributed by atoms with Crippen molar-refractivity contribution in [3.05, 3.63) is 64.7 Å². The molecule has 0 saturated carbocycles. The number of anilines is 1. The van der Waals surface area contributed by atoms with Crippen LogP contribution in [0, 0.1) is 0 Å². The Bertz CT molecular complexity index is 865. The molecule has 134 valence electrons. The van der Waals surface area contributed by atoms with E-state index in [1.54, 1.807) is 6.92 Å². The van der Waals surface area contributed by atoms with Gasteiger partial charge in [0.25, 0.3) is 0 Å². The molecule has 0 aromatic heterocycles. The average molecular weight is 371 g/mol. The van der Waals surface area contributed by atoms with Crippen molar-refractivity contribution in [2.45, 2.75) is 6.92 Å². The van der Waals surface area contributed by atoms with Crippen LogP contribution in [0.15, 0.2) is 58.6 Å². The Morgan fingerprint density at radius 2 is 2.04 bits per heavy atom. The molecule has 6 nitrogen and oxygen atoms in total. The van der Waals surface area contributed by atoms with E-state index in [0.717, 1.165) is 22.5 Å². The SMILES string of the molecule is COC(=O)C(C)=NNN1CCN=C(c2ccccc2)c2cc(Cl)ccc21. The summed E-state index contributed by atoms with van der Waals surface area (Å²) >= 11 is 6.24. The minimum atomic E-state index is -0.482. The number of methoxy groups -OCH3 is 1. The summed E-state index contributed by atoms with van der Waals surface area (Å²) in [5.41, 5.74) is 6.85. The zero-order valence-corrected chi connectivity index (χ0v) is 15.3. The minimum absolute atomic E-state index is 0.233. The van der Waals surface area contributed by atoms with Crippen molar-refractivity contribution >= 4 is 34.7 Å². The minimum Gasteiger partial charge on any atom is -0.464 e. The van der Waals surface area contributed by atoms with Crippen molar-refractivity contribution in [1.29, 1.82) is 0 Å². The zero-order chi connectivity index (χ0) is 18.5. The Labute approximate surface area is 157 Å². The summed E-state index contributed by atoms with van der Waals surface area (Å²) in [5.74, 6) is -0.482. The number of hydrazine groups is 1. The van der Waals surface area contributed by atoms with Gasteiger partial charge >= 0.3 is 5.97 Å². The topological polar surface area (TPSA) is 66.3 Å². The number of ether oxygens (including phenoxy) is 1. The lowest BCUT2D eigenvalue weighted by Gasteiger charge is -2.24. The third-order valence-corrected chi connectivity index (χ3v) is 4.20. The normalized spacial score (nSPS) is 14.2. The third kappa shape index (κ3) is 3.86. The third-order valence-electron chi connectivity index (χ3n) is 3.96. The number of hydrogen-bond acceptors (Lipinski definition) is 6. The molecule has 1 aliphatic rings. The van der Waals surface area contributed by atoms with Crippen LogP contribution in [-0.4, -0.2) is 37.6 Å². The molecule has 0 aliphatic carbocycles. The van der Waals surface area contributed by atoms with Crippen LogP contribution in [0.4, 0.5) is 5.69 Å². The lowest BCUT2D eigenvalue weighted by Crippen LogP contribution is -2.37. The van der Waals surface area contributed by atoms with Crippen molar-refractivity contribution in [1.82, 2.24) is 5.53 Å². The Morgan fingerprint density at radius 3 is 2.77 bits per heavy atom. The zero-order valence-electron chi connectivity index (χ0n) is 14.6. The summed E-state index contributed by atoms with van der Waals surface area (Å²) in [6, 6.07) is 15.6. The van der Waals surface area contributed by atoms with E-state index < -0.39 is 5.97 Å². The average Bonchev–Trinajstić information content (AvgIpc) is 2.85. The molecule has 1 heterocycles. The summed E-state index contributed by atoms with van der Waals surface area (Å²) in [6.45, 7) is 2.74. The fourth-order valence-corrected chi connectivity index (χ4v) is 2.85. The molecule has 7 heteroatoms. The second kappa shape index (κ2) is 8.01. The van der Waals surface area contributed by atoms with Crippen LogP contribution in [0.25, 0.3) is 0 Å². The molecule has 3 rings (SSSR count). The van der Waals surface area contributed by atoms with Crippen LogP contribution < -0.4 is 10.5 Å². The summed E-state index contributed by atoms with van der Waals surface area (Å²) in [5, 5.41) is 6.59. The molecule has 2 aromatic rings. The highest BCUT2D eigenvalue weighted by molar-refractivity contribution is 6.35. The van der Waals surface area contributed by atoms with Gasteiger partial charge in [-0.15, -0.1) is 0 Å². The number of halogens is 1. The van der Waals surface area contributed by atoms with Crippen LogP contribution in [0.1, 0.15) is 18.1 Å². The van der Waals surface area contributed by atoms with E-state index in [2.05, 4.69) is 15.4 Å². The van der Waals surface area contributed by atoms with Gasteiger partial charge in [-0.3, -0.25) is 10.0 Å². The molecule has 1 aliphatic heterocycles. The van der Waals surface area contributed by atoms with Crippen LogP contribution in [0.3, 0.4) is 0 Å². The predicted octanol–water partition coefficient (Wildman–Crippen LogP) is 3.05. The summed E-state index contributed by atoms with van der Waals surface area (Å²) in [4.78, 5) is 16.3. The summed E-state index contributed by atoms with van der Waals surface area (Å²) in [6.07, 6.45) is 0. The standard InChI is InChI=1S/C19H19ClN4O2/c1-13(19(25)26-2)22-23-24-11-10-21-18(14-6-4-3-5-7-14)16-12-15(20)8-9-17(16)24/h3-9,12,23H,10-11H2,1-2H3. The number of hydrogen-bond donors (Lipinski definition) is 1. The highest BCUT2D eigenvalue weighted by Crippen LogP contribution is 2.28. The number of hydrazone groups is 1. The van der Waals surface area contributed by atoms with Gasteiger partial charge in [0.1, 0.15) is 5.71 Å². The molecule has 0 bridgehead atoms. The number of fused-ring (bicyclic) bond motifs is 1. The van der Waals surface area contributed by atoms with Crippen molar-refractivity contribution in [3.63, 3.8) is 0 Å². The van der Waals surface area contributed by atoms with Gasteiger partial charge < -0.3 is 4.74 Å². The number of nitrogens with zero attached hydrogens (tertiary/aromatic N) is 3. The summed E-state index contributed by atoms with van der Waals surface area (Å²) in [7, 11) is 1.32. The first kappa shape index (κ1) is 17.9. The van der Waals surface area contributed by atoms with E-state index in [9.17, 15) is 4.79 Å². The van der Waals surface area contributed by atoms with Crippen molar-refractivity contribution < 1.29 is 9.53 Å². The first-order valence-corrected chi connectivity index (χ1v) is 8.53. The van der Waals surface area contributed by atoms with E-state index in [1.165, 1.54) is 7.11 Å². The second-order valence-corrected chi connectivity index (χ2v) is 6.13. The van der Waals surface area contributed by atoms with E-state index in [1.807, 2.05) is 53.5 Å². The number of rotatable bonds is 4. The van der Waals surface area contributed by atoms with E-state index in [4.69, 9.17) is 16.6 Å². The molecular formula is C19H19ClN4O2. The maximum atomic E-state index is 11.5. The summed E-state index contributed by atoms with van der Waals surface area (Å²) < 4.78 is 4.67. The molecule has 26 heavy (non-hydrogen) atoms. The molecule has 0 unspecified atom stereocenters. The van der Waals surface area contributed by atoms with Gasteiger partial charge in [-0.05, 0) is 25.1 Å². The molecule has 0 fully saturated rings. The predicted molar refractivity (Wildman–Crippen MR) is 104 cm³/mol. The molecular weight excluding hydrogens is 352 g/mol. The Balaban J connectivity index is 1.98. The van der Waals surface area contributed by atoms with Gasteiger partial charge in [0.05, 0.1) is 31.6 Å². The molecule has 0 saturated heterocycles. The lowest BCUT2D eigenvalue weighted by atomic mass is 10.0. The number of benzene rings is 2. The van der Waals surface area contributed by atoms with Gasteiger partial charge in [-0.25, -0.2) is 10.3 Å². The van der Waals surface area contributed by atoms with Crippen molar-refractivity contribution in [3.8, 4) is 0 Å². The number of carbonyl (C=O) groups is 1. The van der Waals surface area contributed by atoms with Gasteiger partial charge in [0.2, 0.25) is 0 Å². The second-order valence-electron chi connectivity index (χ2n) is 5.70. The van der Waals surface area contributed by atoms with Crippen molar-refractivity contribution in [2.75, 3.05) is 25.2 Å². The van der Waals surface area contributed by atoms with Crippen LogP contribution in [0.5, 0.6) is 0 Å². The van der Waals surface area contributed by atoms with Crippen LogP contribution in [0.2, 0.25) is 5.02 Å². The fraction of sp³-hybridized carbons (Fsp3) is 0.211. The van der Waals surface area contributed by atoms with Gasteiger partial charge in [0.15, 0.2) is 0 Å². The Kier molecular flexibility index (Phi) is 5.53. The molecule has 1 N–H and O–H groups in total. The molecule has 0 spiro atoms. The number of nitrogens with one attached hydrogen (secondary N) is 1. The molecule has 2 aromatic carbocycles. The van der Waals surface area contributed by atoms with Gasteiger partial charge in [-0.1, -0.05) is 41.9 Å². The highest BCUT2D eigenvalue weighted by atomic mass is 35.5. The Morgan fingerprint density at radius 1 is 1.27 bits per heavy atom. The molecule has 0 radical (unpaired) electrons. The van der Waals surface area contributed by atoms with Gasteiger partial charge in [-0.2, -0.15) is 5.10 Å². The number of benzodiazepines with no additional fused rings is 1. The monoisotopic (exact) mass is 370 g/mol. The first-order chi connectivity index (χ1) is 12.6. The number of aliphatic imine (C=N–C) groups is 1. The van der Waals surface area contributed by atoms with E-state index >= 15 is 0 Å². The van der Waals surface area contributed by atoms with E-state index in [-0.39, 0.29) is 5.71 Å². The van der Waals surface area contributed by atoms with Crippen LogP contribution in [-0.2, 0) is 9.53 Å². The van der Waals surface area contributed by atoms with Crippen LogP contribution >= 0.6 is 11.6 Å². The van der Waals surface area contributed by atoms with Gasteiger partial charge in [0, 0.05) is 16.1 Å². The molecule has 0 atom stereocenters. The Hall–Kier alpha value is -2.86. The smallest absolute Gasteiger partial charge is 0.353 e. The van der Waals surface area contributed by atoms with Crippen molar-refractivity contribution in [2.24, 2.45) is 10.1 Å². The number of esters is 1. The molecule has 0 amide bonds. The quantitative estimate of drug-likeness (QED) is 0.510. The maximum Gasteiger partial charge on any atom is 0.353 e. The first-order valence-electron chi connectivity index (χ1n) is 8.15. The largest absolute Gasteiger partial charge is 0.464 e. The fourth-order valence-electron chi connectivity index (χ4n) is 2.68. The maximum absolute atomic E-state index is 11.5. The lowest BCUT2D eigenvalue weighted by molar-refractivity contribution is -0.132.